The number of benzene rings is 2. The third kappa shape index (κ3) is 3.82. The molecule has 4 rings (SSSR count). The summed E-state index contributed by atoms with van der Waals surface area (Å²) in [5.41, 5.74) is 3.20. The third-order valence-corrected chi connectivity index (χ3v) is 8.06. The van der Waals surface area contributed by atoms with Gasteiger partial charge in [0.1, 0.15) is 6.61 Å². The average molecular weight is 440 g/mol. The third-order valence-electron chi connectivity index (χ3n) is 6.39. The van der Waals surface area contributed by atoms with E-state index in [2.05, 4.69) is 38.1 Å². The number of aliphatic carboxylic acids is 1. The Bertz CT molecular complexity index is 959. The Kier molecular flexibility index (Phi) is 5.77. The molecule has 1 heterocycles. The molecule has 1 fully saturated rings. The van der Waals surface area contributed by atoms with Crippen LogP contribution >= 0.6 is 11.8 Å². The minimum absolute atomic E-state index is 0.0481. The van der Waals surface area contributed by atoms with Crippen molar-refractivity contribution in [3.63, 3.8) is 0 Å². The van der Waals surface area contributed by atoms with Gasteiger partial charge in [-0.05, 0) is 46.8 Å². The molecular formula is C25H29NO4S. The van der Waals surface area contributed by atoms with E-state index in [1.54, 1.807) is 11.8 Å². The van der Waals surface area contributed by atoms with E-state index in [1.165, 1.54) is 16.0 Å². The Morgan fingerprint density at radius 3 is 2.16 bits per heavy atom. The summed E-state index contributed by atoms with van der Waals surface area (Å²) in [6, 6.07) is 16.4. The Morgan fingerprint density at radius 2 is 1.65 bits per heavy atom. The highest BCUT2D eigenvalue weighted by Crippen LogP contribution is 2.45. The summed E-state index contributed by atoms with van der Waals surface area (Å²) in [6.45, 7) is 6.42. The van der Waals surface area contributed by atoms with Gasteiger partial charge < -0.3 is 9.84 Å². The van der Waals surface area contributed by atoms with Crippen LogP contribution in [-0.2, 0) is 9.53 Å². The van der Waals surface area contributed by atoms with Gasteiger partial charge in [0.15, 0.2) is 5.54 Å². The fraction of sp³-hybridized carbons (Fsp3) is 0.440. The summed E-state index contributed by atoms with van der Waals surface area (Å²) in [5, 5.41) is 10.1. The van der Waals surface area contributed by atoms with Crippen LogP contribution in [0.1, 0.15) is 44.2 Å². The molecule has 2 aromatic rings. The van der Waals surface area contributed by atoms with Crippen LogP contribution in [0.4, 0.5) is 4.79 Å². The zero-order valence-electron chi connectivity index (χ0n) is 18.3. The number of carbonyl (C=O) groups is 2. The van der Waals surface area contributed by atoms with Crippen molar-refractivity contribution in [2.45, 2.75) is 38.6 Å². The van der Waals surface area contributed by atoms with E-state index in [-0.39, 0.29) is 17.9 Å². The number of carboxylic acids is 1. The molecule has 0 radical (unpaired) electrons. The first-order chi connectivity index (χ1) is 14.8. The molecule has 0 spiro atoms. The van der Waals surface area contributed by atoms with Gasteiger partial charge in [-0.1, -0.05) is 62.4 Å². The minimum atomic E-state index is -1.25. The van der Waals surface area contributed by atoms with Crippen LogP contribution in [0.3, 0.4) is 0 Å². The van der Waals surface area contributed by atoms with Gasteiger partial charge in [-0.3, -0.25) is 4.90 Å². The topological polar surface area (TPSA) is 66.8 Å². The molecular weight excluding hydrogens is 410 g/mol. The number of thioether (sulfide) groups is 1. The predicted molar refractivity (Wildman–Crippen MR) is 124 cm³/mol. The van der Waals surface area contributed by atoms with E-state index in [4.69, 9.17) is 4.74 Å². The number of fused-ring (bicyclic) bond motifs is 3. The molecule has 1 N–H and O–H groups in total. The molecule has 2 aromatic carbocycles. The van der Waals surface area contributed by atoms with Crippen LogP contribution in [0.15, 0.2) is 48.5 Å². The maximum atomic E-state index is 13.2. The van der Waals surface area contributed by atoms with Crippen molar-refractivity contribution in [2.24, 2.45) is 5.41 Å². The van der Waals surface area contributed by atoms with Gasteiger partial charge in [0.05, 0.1) is 0 Å². The fourth-order valence-electron chi connectivity index (χ4n) is 5.09. The molecule has 1 saturated heterocycles. The molecule has 0 saturated carbocycles. The van der Waals surface area contributed by atoms with Crippen molar-refractivity contribution in [3.8, 4) is 11.1 Å². The highest BCUT2D eigenvalue weighted by molar-refractivity contribution is 7.99. The SMILES string of the molecule is CCN(C(=O)OCC1c2ccccc2-c2ccccc21)C1(C(=O)O)CSCC(C)(C)C1. The van der Waals surface area contributed by atoms with Gasteiger partial charge in [-0.15, -0.1) is 0 Å². The first-order valence-electron chi connectivity index (χ1n) is 10.7. The van der Waals surface area contributed by atoms with Crippen LogP contribution in [0.2, 0.25) is 0 Å². The number of carbonyl (C=O) groups excluding carboxylic acids is 1. The molecule has 6 heteroatoms. The van der Waals surface area contributed by atoms with Crippen LogP contribution in [-0.4, -0.2) is 52.3 Å². The van der Waals surface area contributed by atoms with Crippen molar-refractivity contribution in [3.05, 3.63) is 59.7 Å². The maximum absolute atomic E-state index is 13.2. The van der Waals surface area contributed by atoms with Crippen LogP contribution in [0.25, 0.3) is 11.1 Å². The summed E-state index contributed by atoms with van der Waals surface area (Å²) in [7, 11) is 0. The van der Waals surface area contributed by atoms with E-state index in [0.717, 1.165) is 16.9 Å². The van der Waals surface area contributed by atoms with E-state index in [0.29, 0.717) is 18.7 Å². The summed E-state index contributed by atoms with van der Waals surface area (Å²) in [4.78, 5) is 27.0. The predicted octanol–water partition coefficient (Wildman–Crippen LogP) is 5.24. The van der Waals surface area contributed by atoms with E-state index in [1.807, 2.05) is 31.2 Å². The molecule has 1 atom stereocenters. The standard InChI is InChI=1S/C25H29NO4S/c1-4-26(25(22(27)28)14-24(2,3)15-31-16-25)23(29)30-13-21-19-11-7-5-9-17(19)18-10-6-8-12-20(18)21/h5-12,21H,4,13-16H2,1-3H3,(H,27,28). The fourth-order valence-corrected chi connectivity index (χ4v) is 6.57. The van der Waals surface area contributed by atoms with Gasteiger partial charge in [0, 0.05) is 18.2 Å². The molecule has 0 aromatic heterocycles. The number of carboxylic acid groups (broad SMARTS) is 1. The normalized spacial score (nSPS) is 21.8. The Labute approximate surface area is 187 Å². The lowest BCUT2D eigenvalue weighted by atomic mass is 9.79. The molecule has 1 aliphatic carbocycles. The molecule has 0 bridgehead atoms. The first-order valence-corrected chi connectivity index (χ1v) is 11.9. The summed E-state index contributed by atoms with van der Waals surface area (Å²) in [6.07, 6.45) is -0.134. The lowest BCUT2D eigenvalue weighted by Crippen LogP contribution is -2.62. The molecule has 5 nitrogen and oxygen atoms in total. The zero-order chi connectivity index (χ0) is 22.2. The van der Waals surface area contributed by atoms with Crippen LogP contribution < -0.4 is 0 Å². The minimum Gasteiger partial charge on any atom is -0.479 e. The summed E-state index contributed by atoms with van der Waals surface area (Å²) < 4.78 is 5.80. The Hall–Kier alpha value is -2.47. The lowest BCUT2D eigenvalue weighted by Gasteiger charge is -2.47. The Morgan fingerprint density at radius 1 is 1.06 bits per heavy atom. The van der Waals surface area contributed by atoms with E-state index < -0.39 is 17.6 Å². The molecule has 164 valence electrons. The number of hydrogen-bond donors (Lipinski definition) is 1. The zero-order valence-corrected chi connectivity index (χ0v) is 19.1. The van der Waals surface area contributed by atoms with Crippen molar-refractivity contribution in [1.29, 1.82) is 0 Å². The van der Waals surface area contributed by atoms with Crippen LogP contribution in [0, 0.1) is 5.41 Å². The van der Waals surface area contributed by atoms with Gasteiger partial charge in [0.25, 0.3) is 0 Å². The average Bonchev–Trinajstić information content (AvgIpc) is 3.06. The monoisotopic (exact) mass is 439 g/mol. The van der Waals surface area contributed by atoms with Crippen molar-refractivity contribution in [1.82, 2.24) is 4.90 Å². The smallest absolute Gasteiger partial charge is 0.410 e. The second-order valence-corrected chi connectivity index (χ2v) is 10.2. The second-order valence-electron chi connectivity index (χ2n) is 9.22. The highest BCUT2D eigenvalue weighted by atomic mass is 32.2. The second kappa shape index (κ2) is 8.23. The van der Waals surface area contributed by atoms with Crippen molar-refractivity contribution in [2.75, 3.05) is 24.7 Å². The van der Waals surface area contributed by atoms with E-state index >= 15 is 0 Å². The first kappa shape index (κ1) is 21.8. The van der Waals surface area contributed by atoms with Crippen molar-refractivity contribution >= 4 is 23.8 Å². The molecule has 1 unspecified atom stereocenters. The quantitative estimate of drug-likeness (QED) is 0.690. The number of hydrogen-bond acceptors (Lipinski definition) is 4. The Balaban J connectivity index is 1.57. The number of rotatable bonds is 5. The molecule has 2 aliphatic rings. The van der Waals surface area contributed by atoms with Gasteiger partial charge >= 0.3 is 12.1 Å². The number of nitrogens with zero attached hydrogens (tertiary/aromatic N) is 1. The van der Waals surface area contributed by atoms with Gasteiger partial charge in [-0.2, -0.15) is 11.8 Å². The molecule has 1 aliphatic heterocycles. The summed E-state index contributed by atoms with van der Waals surface area (Å²) >= 11 is 1.59. The molecule has 31 heavy (non-hydrogen) atoms. The van der Waals surface area contributed by atoms with E-state index in [9.17, 15) is 14.7 Å². The number of ether oxygens (including phenoxy) is 1. The number of likely N-dealkylation sites (N-methyl/N-ethyl adjacent to an activating group) is 1. The molecule has 1 amide bonds. The summed E-state index contributed by atoms with van der Waals surface area (Å²) in [5.74, 6) is 0.254. The largest absolute Gasteiger partial charge is 0.479 e. The van der Waals surface area contributed by atoms with Gasteiger partial charge in [-0.25, -0.2) is 9.59 Å². The maximum Gasteiger partial charge on any atom is 0.410 e. The number of amides is 1. The lowest BCUT2D eigenvalue weighted by molar-refractivity contribution is -0.151. The van der Waals surface area contributed by atoms with Gasteiger partial charge in [0.2, 0.25) is 0 Å². The van der Waals surface area contributed by atoms with Crippen LogP contribution in [0.5, 0.6) is 0 Å². The highest BCUT2D eigenvalue weighted by Gasteiger charge is 2.52. The van der Waals surface area contributed by atoms with Crippen molar-refractivity contribution < 1.29 is 19.4 Å².